The molecule has 1 rings (SSSR count). The van der Waals surface area contributed by atoms with Crippen LogP contribution in [0.15, 0.2) is 0 Å². The summed E-state index contributed by atoms with van der Waals surface area (Å²) < 4.78 is 5.37. The molecule has 1 N–H and O–H groups in total. The van der Waals surface area contributed by atoms with E-state index in [1.54, 1.807) is 0 Å². The summed E-state index contributed by atoms with van der Waals surface area (Å²) in [5.41, 5.74) is -0.439. The van der Waals surface area contributed by atoms with Gasteiger partial charge in [-0.25, -0.2) is 0 Å². The average Bonchev–Trinajstić information content (AvgIpc) is 2.30. The Labute approximate surface area is 87.7 Å². The van der Waals surface area contributed by atoms with Gasteiger partial charge in [0.2, 0.25) is 0 Å². The van der Waals surface area contributed by atoms with Gasteiger partial charge in [0, 0.05) is 13.2 Å². The Hall–Kier alpha value is -0.0800. The van der Waals surface area contributed by atoms with Crippen LogP contribution in [-0.2, 0) is 4.74 Å². The summed E-state index contributed by atoms with van der Waals surface area (Å²) >= 11 is 0. The summed E-state index contributed by atoms with van der Waals surface area (Å²) in [5, 5.41) is 10.4. The number of hydrogen-bond acceptors (Lipinski definition) is 2. The molecule has 84 valence electrons. The van der Waals surface area contributed by atoms with E-state index < -0.39 is 5.60 Å². The molecule has 0 spiro atoms. The molecule has 0 aliphatic carbocycles. The average molecular weight is 200 g/mol. The van der Waals surface area contributed by atoms with E-state index in [2.05, 4.69) is 13.8 Å². The van der Waals surface area contributed by atoms with Crippen LogP contribution >= 0.6 is 0 Å². The van der Waals surface area contributed by atoms with Crippen LogP contribution in [0.1, 0.15) is 52.4 Å². The molecule has 14 heavy (non-hydrogen) atoms. The van der Waals surface area contributed by atoms with Gasteiger partial charge in [-0.15, -0.1) is 0 Å². The van der Waals surface area contributed by atoms with Crippen LogP contribution in [0.4, 0.5) is 0 Å². The van der Waals surface area contributed by atoms with Crippen molar-refractivity contribution in [3.05, 3.63) is 0 Å². The lowest BCUT2D eigenvalue weighted by atomic mass is 9.84. The third-order valence-electron chi connectivity index (χ3n) is 3.15. The van der Waals surface area contributed by atoms with Crippen LogP contribution in [0, 0.1) is 5.92 Å². The maximum atomic E-state index is 10.4. The van der Waals surface area contributed by atoms with Gasteiger partial charge < -0.3 is 9.84 Å². The molecule has 1 saturated heterocycles. The highest BCUT2D eigenvalue weighted by Crippen LogP contribution is 2.29. The largest absolute Gasteiger partial charge is 0.390 e. The van der Waals surface area contributed by atoms with Gasteiger partial charge >= 0.3 is 0 Å². The van der Waals surface area contributed by atoms with E-state index in [0.717, 1.165) is 38.9 Å². The lowest BCUT2D eigenvalue weighted by Gasteiger charge is -2.29. The first-order valence-corrected chi connectivity index (χ1v) is 5.96. The molecule has 1 aliphatic heterocycles. The molecule has 2 nitrogen and oxygen atoms in total. The maximum Gasteiger partial charge on any atom is 0.0673 e. The normalized spacial score (nSPS) is 31.1. The first-order chi connectivity index (χ1) is 6.66. The quantitative estimate of drug-likeness (QED) is 0.756. The lowest BCUT2D eigenvalue weighted by Crippen LogP contribution is -2.31. The van der Waals surface area contributed by atoms with Crippen molar-refractivity contribution in [3.8, 4) is 0 Å². The lowest BCUT2D eigenvalue weighted by molar-refractivity contribution is -0.00251. The molecule has 0 saturated carbocycles. The fraction of sp³-hybridized carbons (Fsp3) is 1.00. The highest BCUT2D eigenvalue weighted by molar-refractivity contribution is 4.81. The van der Waals surface area contributed by atoms with E-state index in [4.69, 9.17) is 4.74 Å². The fourth-order valence-corrected chi connectivity index (χ4v) is 2.44. The molecule has 0 aromatic rings. The molecule has 2 heteroatoms. The Morgan fingerprint density at radius 2 is 2.14 bits per heavy atom. The van der Waals surface area contributed by atoms with Crippen molar-refractivity contribution in [1.29, 1.82) is 0 Å². The zero-order valence-electron chi connectivity index (χ0n) is 9.59. The Morgan fingerprint density at radius 1 is 1.36 bits per heavy atom. The first-order valence-electron chi connectivity index (χ1n) is 5.96. The van der Waals surface area contributed by atoms with Gasteiger partial charge in [-0.3, -0.25) is 0 Å². The third-order valence-corrected chi connectivity index (χ3v) is 3.15. The van der Waals surface area contributed by atoms with Gasteiger partial charge in [0.25, 0.3) is 0 Å². The molecule has 0 aromatic carbocycles. The van der Waals surface area contributed by atoms with E-state index in [9.17, 15) is 5.11 Å². The van der Waals surface area contributed by atoms with Gasteiger partial charge in [-0.1, -0.05) is 26.7 Å². The molecule has 2 atom stereocenters. The number of rotatable bonds is 4. The van der Waals surface area contributed by atoms with Crippen molar-refractivity contribution in [1.82, 2.24) is 0 Å². The van der Waals surface area contributed by atoms with Gasteiger partial charge in [0.05, 0.1) is 5.60 Å². The van der Waals surface area contributed by atoms with E-state index in [-0.39, 0.29) is 0 Å². The maximum absolute atomic E-state index is 10.4. The van der Waals surface area contributed by atoms with Crippen LogP contribution in [0.25, 0.3) is 0 Å². The molecule has 1 heterocycles. The fourth-order valence-electron chi connectivity index (χ4n) is 2.44. The molecular weight excluding hydrogens is 176 g/mol. The van der Waals surface area contributed by atoms with Crippen LogP contribution < -0.4 is 0 Å². The zero-order chi connectivity index (χ0) is 10.4. The first kappa shape index (κ1) is 12.0. The third kappa shape index (κ3) is 3.97. The van der Waals surface area contributed by atoms with Gasteiger partial charge in [-0.2, -0.15) is 0 Å². The summed E-state index contributed by atoms with van der Waals surface area (Å²) in [6, 6.07) is 0. The second kappa shape index (κ2) is 5.72. The van der Waals surface area contributed by atoms with Gasteiger partial charge in [-0.05, 0) is 31.6 Å². The Bertz CT molecular complexity index is 148. The molecular formula is C12H24O2. The number of aliphatic hydroxyl groups is 1. The van der Waals surface area contributed by atoms with Crippen LogP contribution in [0.3, 0.4) is 0 Å². The van der Waals surface area contributed by atoms with Crippen molar-refractivity contribution < 1.29 is 9.84 Å². The molecule has 0 amide bonds. The summed E-state index contributed by atoms with van der Waals surface area (Å²) in [5.74, 6) is 0.642. The van der Waals surface area contributed by atoms with Crippen LogP contribution in [0.2, 0.25) is 0 Å². The topological polar surface area (TPSA) is 29.5 Å². The Morgan fingerprint density at radius 3 is 2.86 bits per heavy atom. The predicted octanol–water partition coefficient (Wildman–Crippen LogP) is 2.74. The second-order valence-electron chi connectivity index (χ2n) is 4.79. The predicted molar refractivity (Wildman–Crippen MR) is 58.3 cm³/mol. The van der Waals surface area contributed by atoms with Crippen LogP contribution in [0.5, 0.6) is 0 Å². The van der Waals surface area contributed by atoms with Crippen LogP contribution in [-0.4, -0.2) is 23.9 Å². The SMILES string of the molecule is CCCC(C)CC1(O)CCCOCC1. The standard InChI is InChI=1S/C12H24O2/c1-3-5-11(2)10-12(13)6-4-8-14-9-7-12/h11,13H,3-10H2,1-2H3. The monoisotopic (exact) mass is 200 g/mol. The van der Waals surface area contributed by atoms with E-state index >= 15 is 0 Å². The van der Waals surface area contributed by atoms with Crippen molar-refractivity contribution >= 4 is 0 Å². The minimum Gasteiger partial charge on any atom is -0.390 e. The van der Waals surface area contributed by atoms with Crippen molar-refractivity contribution in [2.75, 3.05) is 13.2 Å². The van der Waals surface area contributed by atoms with Crippen molar-refractivity contribution in [2.45, 2.75) is 58.0 Å². The van der Waals surface area contributed by atoms with Gasteiger partial charge in [0.1, 0.15) is 0 Å². The van der Waals surface area contributed by atoms with Crippen molar-refractivity contribution in [2.24, 2.45) is 5.92 Å². The smallest absolute Gasteiger partial charge is 0.0673 e. The zero-order valence-corrected chi connectivity index (χ0v) is 9.59. The second-order valence-corrected chi connectivity index (χ2v) is 4.79. The molecule has 1 aliphatic rings. The minimum atomic E-state index is -0.439. The number of hydrogen-bond donors (Lipinski definition) is 1. The molecule has 0 aromatic heterocycles. The Balaban J connectivity index is 2.37. The van der Waals surface area contributed by atoms with E-state index in [1.165, 1.54) is 12.8 Å². The molecule has 0 radical (unpaired) electrons. The summed E-state index contributed by atoms with van der Waals surface area (Å²) in [7, 11) is 0. The summed E-state index contributed by atoms with van der Waals surface area (Å²) in [6.45, 7) is 6.00. The molecule has 1 fully saturated rings. The summed E-state index contributed by atoms with van der Waals surface area (Å²) in [4.78, 5) is 0. The summed E-state index contributed by atoms with van der Waals surface area (Å²) in [6.07, 6.45) is 6.14. The highest BCUT2D eigenvalue weighted by Gasteiger charge is 2.29. The van der Waals surface area contributed by atoms with Gasteiger partial charge in [0.15, 0.2) is 0 Å². The van der Waals surface area contributed by atoms with E-state index in [1.807, 2.05) is 0 Å². The minimum absolute atomic E-state index is 0.439. The Kier molecular flexibility index (Phi) is 4.90. The molecule has 2 unspecified atom stereocenters. The van der Waals surface area contributed by atoms with Crippen molar-refractivity contribution in [3.63, 3.8) is 0 Å². The molecule has 0 bridgehead atoms. The number of ether oxygens (including phenoxy) is 1. The highest BCUT2D eigenvalue weighted by atomic mass is 16.5. The van der Waals surface area contributed by atoms with E-state index in [0.29, 0.717) is 5.92 Å².